The molecule has 2 aliphatic rings. The van der Waals surface area contributed by atoms with Crippen molar-refractivity contribution in [3.05, 3.63) is 29.6 Å². The molecule has 38 heavy (non-hydrogen) atoms. The first-order chi connectivity index (χ1) is 17.6. The quantitative estimate of drug-likeness (QED) is 0.399. The lowest BCUT2D eigenvalue weighted by atomic mass is 9.90. The molecular formula is C21H24F6N6O4S. The lowest BCUT2D eigenvalue weighted by molar-refractivity contribution is -0.156. The number of nitrogens with one attached hydrogen (secondary N) is 1. The fraction of sp³-hybridized carbons (Fsp3) is 0.619. The van der Waals surface area contributed by atoms with Crippen molar-refractivity contribution >= 4 is 27.7 Å². The van der Waals surface area contributed by atoms with Gasteiger partial charge in [-0.15, -0.1) is 0 Å². The van der Waals surface area contributed by atoms with E-state index in [1.807, 2.05) is 0 Å². The second-order valence-corrected chi connectivity index (χ2v) is 10.8. The van der Waals surface area contributed by atoms with Crippen LogP contribution in [0.25, 0.3) is 0 Å². The zero-order chi connectivity index (χ0) is 27.9. The molecule has 10 nitrogen and oxygen atoms in total. The summed E-state index contributed by atoms with van der Waals surface area (Å²) in [5, 5.41) is 2.36. The van der Waals surface area contributed by atoms with E-state index in [4.69, 9.17) is 4.18 Å². The number of anilines is 2. The zero-order valence-corrected chi connectivity index (χ0v) is 20.8. The molecule has 0 saturated carbocycles. The highest BCUT2D eigenvalue weighted by molar-refractivity contribution is 7.85. The van der Waals surface area contributed by atoms with Gasteiger partial charge in [-0.2, -0.15) is 34.8 Å². The summed E-state index contributed by atoms with van der Waals surface area (Å²) >= 11 is 0. The number of hydrogen-bond donors (Lipinski definition) is 1. The first-order valence-corrected chi connectivity index (χ1v) is 13.4. The van der Waals surface area contributed by atoms with Gasteiger partial charge in [0, 0.05) is 38.2 Å². The summed E-state index contributed by atoms with van der Waals surface area (Å²) in [7, 11) is -3.76. The minimum absolute atomic E-state index is 0.0402. The summed E-state index contributed by atoms with van der Waals surface area (Å²) in [5.74, 6) is -3.07. The molecule has 210 valence electrons. The molecule has 4 rings (SSSR count). The van der Waals surface area contributed by atoms with Crippen LogP contribution in [-0.4, -0.2) is 72.1 Å². The number of nitrogens with zero attached hydrogens (tertiary/aromatic N) is 5. The van der Waals surface area contributed by atoms with Gasteiger partial charge in [-0.3, -0.25) is 8.98 Å². The van der Waals surface area contributed by atoms with Gasteiger partial charge in [-0.05, 0) is 12.8 Å². The monoisotopic (exact) mass is 570 g/mol. The minimum Gasteiger partial charge on any atom is -0.356 e. The van der Waals surface area contributed by atoms with Gasteiger partial charge in [-0.25, -0.2) is 15.0 Å². The number of alkyl halides is 6. The smallest absolute Gasteiger partial charge is 0.356 e. The van der Waals surface area contributed by atoms with Crippen LogP contribution >= 0.6 is 0 Å². The maximum absolute atomic E-state index is 13.8. The number of carbonyl (C=O) groups excluding carboxylic acids is 1. The second kappa shape index (κ2) is 10.3. The Bertz CT molecular complexity index is 1290. The summed E-state index contributed by atoms with van der Waals surface area (Å²) in [4.78, 5) is 25.5. The molecule has 4 heterocycles. The molecule has 1 N–H and O–H groups in total. The number of rotatable bonds is 7. The third-order valence-electron chi connectivity index (χ3n) is 6.28. The van der Waals surface area contributed by atoms with Crippen molar-refractivity contribution in [2.45, 2.75) is 56.4 Å². The molecule has 1 saturated heterocycles. The highest BCUT2D eigenvalue weighted by atomic mass is 32.2. The number of fused-ring (bicyclic) bond motifs is 1. The summed E-state index contributed by atoms with van der Waals surface area (Å²) in [5.41, 5.74) is -0.451. The van der Waals surface area contributed by atoms with Crippen LogP contribution in [-0.2, 0) is 32.1 Å². The van der Waals surface area contributed by atoms with Crippen LogP contribution in [0.3, 0.4) is 0 Å². The van der Waals surface area contributed by atoms with Gasteiger partial charge in [0.15, 0.2) is 0 Å². The summed E-state index contributed by atoms with van der Waals surface area (Å²) in [6, 6.07) is 0. The molecule has 0 bridgehead atoms. The van der Waals surface area contributed by atoms with Crippen LogP contribution in [0.4, 0.5) is 38.0 Å². The van der Waals surface area contributed by atoms with Crippen LogP contribution in [0.15, 0.2) is 12.5 Å². The Balaban J connectivity index is 1.55. The molecule has 2 aromatic rings. The SMILES string of the molecule is CS(=O)(=O)OCCn1cc(CC(F)(F)F)nc1C1CCN(c2ncnc3c2C(C(F)(F)F)CC(=O)N3)CC1. The predicted molar refractivity (Wildman–Crippen MR) is 121 cm³/mol. The number of imidazole rings is 1. The van der Waals surface area contributed by atoms with Crippen molar-refractivity contribution in [2.24, 2.45) is 0 Å². The molecule has 17 heteroatoms. The normalized spacial score (nSPS) is 19.4. The van der Waals surface area contributed by atoms with Crippen molar-refractivity contribution in [1.29, 1.82) is 0 Å². The fourth-order valence-electron chi connectivity index (χ4n) is 4.73. The molecule has 1 fully saturated rings. The maximum Gasteiger partial charge on any atom is 0.396 e. The van der Waals surface area contributed by atoms with E-state index in [0.29, 0.717) is 18.7 Å². The van der Waals surface area contributed by atoms with E-state index in [0.717, 1.165) is 12.6 Å². The van der Waals surface area contributed by atoms with Gasteiger partial charge in [0.2, 0.25) is 5.91 Å². The van der Waals surface area contributed by atoms with E-state index >= 15 is 0 Å². The molecule has 2 aromatic heterocycles. The molecule has 2 aliphatic heterocycles. The van der Waals surface area contributed by atoms with Gasteiger partial charge in [0.25, 0.3) is 10.1 Å². The largest absolute Gasteiger partial charge is 0.396 e. The number of aromatic nitrogens is 4. The molecule has 0 spiro atoms. The number of piperidine rings is 1. The van der Waals surface area contributed by atoms with Crippen LogP contribution in [0, 0.1) is 0 Å². The number of amides is 1. The average molecular weight is 571 g/mol. The minimum atomic E-state index is -4.70. The van der Waals surface area contributed by atoms with Crippen molar-refractivity contribution in [2.75, 3.05) is 36.2 Å². The van der Waals surface area contributed by atoms with Crippen molar-refractivity contribution < 1.29 is 43.7 Å². The van der Waals surface area contributed by atoms with Gasteiger partial charge in [0.05, 0.1) is 36.5 Å². The summed E-state index contributed by atoms with van der Waals surface area (Å²) < 4.78 is 109. The first-order valence-electron chi connectivity index (χ1n) is 11.5. The Labute approximate surface area is 213 Å². The topological polar surface area (TPSA) is 119 Å². The van der Waals surface area contributed by atoms with E-state index in [1.165, 1.54) is 10.8 Å². The second-order valence-electron chi connectivity index (χ2n) is 9.17. The standard InChI is InChI=1S/C21H24F6N6O4S/c1-38(35,36)37-7-6-33-10-13(9-20(22,23)24)30-18(33)12-2-4-32(5-3-12)19-16-14(21(25,26)27)8-15(34)31-17(16)28-11-29-19/h10-12,14H,2-9H2,1H3,(H,28,29,31,34). The number of carbonyl (C=O) groups is 1. The number of halogens is 6. The van der Waals surface area contributed by atoms with E-state index in [1.54, 1.807) is 4.90 Å². The Morgan fingerprint density at radius 1 is 1.13 bits per heavy atom. The fourth-order valence-corrected chi connectivity index (χ4v) is 5.10. The molecule has 0 radical (unpaired) electrons. The molecular weight excluding hydrogens is 546 g/mol. The van der Waals surface area contributed by atoms with E-state index in [9.17, 15) is 39.6 Å². The van der Waals surface area contributed by atoms with E-state index in [2.05, 4.69) is 20.3 Å². The molecule has 1 atom stereocenters. The van der Waals surface area contributed by atoms with Crippen molar-refractivity contribution in [1.82, 2.24) is 19.5 Å². The van der Waals surface area contributed by atoms with Gasteiger partial charge >= 0.3 is 12.4 Å². The van der Waals surface area contributed by atoms with Crippen molar-refractivity contribution in [3.63, 3.8) is 0 Å². The number of hydrogen-bond acceptors (Lipinski definition) is 8. The van der Waals surface area contributed by atoms with Crippen molar-refractivity contribution in [3.8, 4) is 0 Å². The Morgan fingerprint density at radius 2 is 1.82 bits per heavy atom. The average Bonchev–Trinajstić information content (AvgIpc) is 3.17. The molecule has 1 amide bonds. The molecule has 0 aromatic carbocycles. The first kappa shape index (κ1) is 28.1. The summed E-state index contributed by atoms with van der Waals surface area (Å²) in [6.45, 7) is 0.0753. The summed E-state index contributed by atoms with van der Waals surface area (Å²) in [6.07, 6.45) is -7.46. The van der Waals surface area contributed by atoms with Gasteiger partial charge < -0.3 is 14.8 Å². The highest BCUT2D eigenvalue weighted by Gasteiger charge is 2.48. The Kier molecular flexibility index (Phi) is 7.62. The van der Waals surface area contributed by atoms with Gasteiger partial charge in [0.1, 0.15) is 23.8 Å². The lowest BCUT2D eigenvalue weighted by Gasteiger charge is -2.36. The van der Waals surface area contributed by atoms with E-state index in [-0.39, 0.29) is 55.1 Å². The van der Waals surface area contributed by atoms with E-state index < -0.39 is 47.1 Å². The third kappa shape index (κ3) is 6.73. The lowest BCUT2D eigenvalue weighted by Crippen LogP contribution is -2.38. The van der Waals surface area contributed by atoms with Crippen LogP contribution in [0.2, 0.25) is 0 Å². The molecule has 1 unspecified atom stereocenters. The molecule has 0 aliphatic carbocycles. The highest BCUT2D eigenvalue weighted by Crippen LogP contribution is 2.46. The zero-order valence-electron chi connectivity index (χ0n) is 20.0. The van der Waals surface area contributed by atoms with Gasteiger partial charge in [-0.1, -0.05) is 0 Å². The Hall–Kier alpha value is -2.95. The Morgan fingerprint density at radius 3 is 2.42 bits per heavy atom. The maximum atomic E-state index is 13.8. The van der Waals surface area contributed by atoms with Crippen LogP contribution < -0.4 is 10.2 Å². The van der Waals surface area contributed by atoms with Crippen LogP contribution in [0.5, 0.6) is 0 Å². The third-order valence-corrected chi connectivity index (χ3v) is 6.88. The predicted octanol–water partition coefficient (Wildman–Crippen LogP) is 3.13. The van der Waals surface area contributed by atoms with Crippen LogP contribution in [0.1, 0.15) is 48.2 Å².